The molecule has 0 bridgehead atoms. The largest absolute Gasteiger partial charge is 0.392 e. The summed E-state index contributed by atoms with van der Waals surface area (Å²) in [5.41, 5.74) is 0. The van der Waals surface area contributed by atoms with Gasteiger partial charge in [-0.15, -0.1) is 0 Å². The maximum absolute atomic E-state index is 12.7. The standard InChI is InChI=1S/C11H14FNO3S/c12-9-3-5-11(6-4-9)17(15,16)13-7-1-2-10(14)8-13/h3-6,10,14H,1-2,7-8H2/t10-/m0/s1. The number of sulfonamides is 1. The van der Waals surface area contributed by atoms with Gasteiger partial charge in [-0.05, 0) is 37.1 Å². The first kappa shape index (κ1) is 12.5. The van der Waals surface area contributed by atoms with E-state index in [1.165, 1.54) is 16.4 Å². The molecule has 1 heterocycles. The van der Waals surface area contributed by atoms with Crippen LogP contribution in [0.4, 0.5) is 4.39 Å². The second kappa shape index (κ2) is 4.72. The van der Waals surface area contributed by atoms with E-state index in [1.54, 1.807) is 0 Å². The molecule has 0 saturated carbocycles. The van der Waals surface area contributed by atoms with Gasteiger partial charge in [0.2, 0.25) is 10.0 Å². The van der Waals surface area contributed by atoms with Gasteiger partial charge >= 0.3 is 0 Å². The van der Waals surface area contributed by atoms with Crippen LogP contribution in [0.3, 0.4) is 0 Å². The number of aliphatic hydroxyl groups excluding tert-OH is 1. The highest BCUT2D eigenvalue weighted by Gasteiger charge is 2.29. The average molecular weight is 259 g/mol. The Bertz CT molecular complexity index is 486. The summed E-state index contributed by atoms with van der Waals surface area (Å²) in [5, 5.41) is 9.47. The van der Waals surface area contributed by atoms with E-state index in [0.717, 1.165) is 12.1 Å². The Morgan fingerprint density at radius 2 is 1.94 bits per heavy atom. The van der Waals surface area contributed by atoms with Crippen LogP contribution in [0.5, 0.6) is 0 Å². The summed E-state index contributed by atoms with van der Waals surface area (Å²) in [5.74, 6) is -0.470. The fourth-order valence-electron chi connectivity index (χ4n) is 1.89. The molecule has 0 aliphatic carbocycles. The normalized spacial score (nSPS) is 22.6. The van der Waals surface area contributed by atoms with Gasteiger partial charge in [0.1, 0.15) is 5.82 Å². The SMILES string of the molecule is O=S(=O)(c1ccc(F)cc1)N1CCC[C@H](O)C1. The van der Waals surface area contributed by atoms with Gasteiger partial charge in [0.15, 0.2) is 0 Å². The molecule has 1 aliphatic heterocycles. The van der Waals surface area contributed by atoms with Crippen LogP contribution in [-0.4, -0.2) is 37.0 Å². The van der Waals surface area contributed by atoms with Crippen molar-refractivity contribution in [2.24, 2.45) is 0 Å². The van der Waals surface area contributed by atoms with E-state index >= 15 is 0 Å². The van der Waals surface area contributed by atoms with Gasteiger partial charge in [0, 0.05) is 13.1 Å². The van der Waals surface area contributed by atoms with Crippen LogP contribution in [0.15, 0.2) is 29.2 Å². The van der Waals surface area contributed by atoms with Crippen molar-refractivity contribution in [2.75, 3.05) is 13.1 Å². The molecule has 1 aliphatic rings. The molecular formula is C11H14FNO3S. The Hall–Kier alpha value is -0.980. The zero-order chi connectivity index (χ0) is 12.5. The first-order valence-corrected chi connectivity index (χ1v) is 6.88. The van der Waals surface area contributed by atoms with E-state index in [-0.39, 0.29) is 11.4 Å². The lowest BCUT2D eigenvalue weighted by atomic mass is 10.1. The third-order valence-electron chi connectivity index (χ3n) is 2.81. The molecule has 1 N–H and O–H groups in total. The lowest BCUT2D eigenvalue weighted by Gasteiger charge is -2.29. The van der Waals surface area contributed by atoms with Gasteiger partial charge in [-0.2, -0.15) is 4.31 Å². The van der Waals surface area contributed by atoms with Crippen LogP contribution in [0.1, 0.15) is 12.8 Å². The van der Waals surface area contributed by atoms with E-state index in [9.17, 15) is 17.9 Å². The Morgan fingerprint density at radius 3 is 2.53 bits per heavy atom. The van der Waals surface area contributed by atoms with Crippen molar-refractivity contribution in [1.82, 2.24) is 4.31 Å². The van der Waals surface area contributed by atoms with Crippen molar-refractivity contribution >= 4 is 10.0 Å². The summed E-state index contributed by atoms with van der Waals surface area (Å²) < 4.78 is 38.2. The van der Waals surface area contributed by atoms with Gasteiger partial charge < -0.3 is 5.11 Å². The van der Waals surface area contributed by atoms with Crippen molar-refractivity contribution < 1.29 is 17.9 Å². The Labute approximate surface area is 99.7 Å². The Morgan fingerprint density at radius 1 is 1.29 bits per heavy atom. The van der Waals surface area contributed by atoms with Gasteiger partial charge in [-0.3, -0.25) is 0 Å². The predicted octanol–water partition coefficient (Wildman–Crippen LogP) is 0.971. The maximum Gasteiger partial charge on any atom is 0.243 e. The number of hydrogen-bond donors (Lipinski definition) is 1. The summed E-state index contributed by atoms with van der Waals surface area (Å²) >= 11 is 0. The van der Waals surface area contributed by atoms with E-state index in [2.05, 4.69) is 0 Å². The highest BCUT2D eigenvalue weighted by molar-refractivity contribution is 7.89. The number of β-amino-alcohol motifs (C(OH)–C–C–N with tert-alkyl or cyclic N) is 1. The lowest BCUT2D eigenvalue weighted by molar-refractivity contribution is 0.108. The highest BCUT2D eigenvalue weighted by atomic mass is 32.2. The summed E-state index contributed by atoms with van der Waals surface area (Å²) in [6, 6.07) is 4.72. The molecule has 6 heteroatoms. The van der Waals surface area contributed by atoms with Crippen LogP contribution in [0.2, 0.25) is 0 Å². The quantitative estimate of drug-likeness (QED) is 0.861. The molecule has 17 heavy (non-hydrogen) atoms. The van der Waals surface area contributed by atoms with Gasteiger partial charge in [-0.1, -0.05) is 0 Å². The van der Waals surface area contributed by atoms with Crippen LogP contribution in [0.25, 0.3) is 0 Å². The molecular weight excluding hydrogens is 245 g/mol. The summed E-state index contributed by atoms with van der Waals surface area (Å²) in [7, 11) is -3.61. The number of piperidine rings is 1. The van der Waals surface area contributed by atoms with E-state index in [0.29, 0.717) is 19.4 Å². The average Bonchev–Trinajstić information content (AvgIpc) is 2.29. The van der Waals surface area contributed by atoms with Gasteiger partial charge in [-0.25, -0.2) is 12.8 Å². The molecule has 0 unspecified atom stereocenters. The number of hydrogen-bond acceptors (Lipinski definition) is 3. The zero-order valence-corrected chi connectivity index (χ0v) is 10.0. The minimum atomic E-state index is -3.61. The molecule has 1 aromatic carbocycles. The highest BCUT2D eigenvalue weighted by Crippen LogP contribution is 2.20. The van der Waals surface area contributed by atoms with Crippen LogP contribution in [-0.2, 0) is 10.0 Å². The minimum absolute atomic E-state index is 0.0630. The molecule has 1 fully saturated rings. The topological polar surface area (TPSA) is 57.6 Å². The monoisotopic (exact) mass is 259 g/mol. The third kappa shape index (κ3) is 2.65. The molecule has 94 valence electrons. The van der Waals surface area contributed by atoms with Gasteiger partial charge in [0.05, 0.1) is 11.0 Å². The smallest absolute Gasteiger partial charge is 0.243 e. The van der Waals surface area contributed by atoms with Crippen LogP contribution >= 0.6 is 0 Å². The van der Waals surface area contributed by atoms with Crippen molar-refractivity contribution in [3.63, 3.8) is 0 Å². The second-order valence-electron chi connectivity index (χ2n) is 4.11. The van der Waals surface area contributed by atoms with Crippen molar-refractivity contribution in [3.8, 4) is 0 Å². The number of rotatable bonds is 2. The van der Waals surface area contributed by atoms with E-state index in [1.807, 2.05) is 0 Å². The minimum Gasteiger partial charge on any atom is -0.392 e. The van der Waals surface area contributed by atoms with Crippen molar-refractivity contribution in [2.45, 2.75) is 23.8 Å². The predicted molar refractivity (Wildman–Crippen MR) is 60.4 cm³/mol. The number of aliphatic hydroxyl groups is 1. The first-order valence-electron chi connectivity index (χ1n) is 5.44. The summed E-state index contributed by atoms with van der Waals surface area (Å²) in [4.78, 5) is 0.0630. The molecule has 1 saturated heterocycles. The van der Waals surface area contributed by atoms with Gasteiger partial charge in [0.25, 0.3) is 0 Å². The van der Waals surface area contributed by atoms with Crippen molar-refractivity contribution in [3.05, 3.63) is 30.1 Å². The molecule has 4 nitrogen and oxygen atoms in total. The summed E-state index contributed by atoms with van der Waals surface area (Å²) in [6.07, 6.45) is 0.649. The molecule has 0 radical (unpaired) electrons. The van der Waals surface area contributed by atoms with E-state index in [4.69, 9.17) is 0 Å². The molecule has 0 amide bonds. The number of benzene rings is 1. The fourth-order valence-corrected chi connectivity index (χ4v) is 3.41. The molecule has 1 aromatic rings. The maximum atomic E-state index is 12.7. The Kier molecular flexibility index (Phi) is 3.46. The lowest BCUT2D eigenvalue weighted by Crippen LogP contribution is -2.42. The molecule has 1 atom stereocenters. The number of halogens is 1. The Balaban J connectivity index is 2.26. The third-order valence-corrected chi connectivity index (χ3v) is 4.69. The van der Waals surface area contributed by atoms with Crippen molar-refractivity contribution in [1.29, 1.82) is 0 Å². The van der Waals surface area contributed by atoms with Crippen LogP contribution in [0, 0.1) is 5.82 Å². The first-order chi connectivity index (χ1) is 8.00. The zero-order valence-electron chi connectivity index (χ0n) is 9.21. The fraction of sp³-hybridized carbons (Fsp3) is 0.455. The molecule has 0 spiro atoms. The van der Waals surface area contributed by atoms with Crippen LogP contribution < -0.4 is 0 Å². The van der Waals surface area contributed by atoms with E-state index < -0.39 is 21.9 Å². The summed E-state index contributed by atoms with van der Waals surface area (Å²) in [6.45, 7) is 0.510. The molecule has 2 rings (SSSR count). The molecule has 0 aromatic heterocycles. The number of nitrogens with zero attached hydrogens (tertiary/aromatic N) is 1. The second-order valence-corrected chi connectivity index (χ2v) is 6.05.